The summed E-state index contributed by atoms with van der Waals surface area (Å²) in [6.45, 7) is 4.39. The first-order chi connectivity index (χ1) is 27.9. The molecule has 2 aliphatic carbocycles. The van der Waals surface area contributed by atoms with Crippen LogP contribution in [0.4, 0.5) is 27.8 Å². The number of benzene rings is 2. The fourth-order valence-electron chi connectivity index (χ4n) is 7.90. The average Bonchev–Trinajstić information content (AvgIpc) is 4.05. The van der Waals surface area contributed by atoms with E-state index in [1.54, 1.807) is 46.0 Å². The lowest BCUT2D eigenvalue weighted by Gasteiger charge is -2.25. The zero-order valence-corrected chi connectivity index (χ0v) is 35.6. The Morgan fingerprint density at radius 1 is 0.983 bits per heavy atom. The molecule has 1 amide bonds. The predicted octanol–water partition coefficient (Wildman–Crippen LogP) is 7.80. The van der Waals surface area contributed by atoms with E-state index in [-0.39, 0.29) is 50.8 Å². The van der Waals surface area contributed by atoms with Gasteiger partial charge in [-0.2, -0.15) is 23.4 Å². The highest BCUT2D eigenvalue weighted by Gasteiger charge is 2.49. The van der Waals surface area contributed by atoms with Crippen molar-refractivity contribution in [1.82, 2.24) is 29.9 Å². The van der Waals surface area contributed by atoms with Crippen LogP contribution in [0, 0.1) is 24.5 Å². The van der Waals surface area contributed by atoms with Crippen LogP contribution in [-0.2, 0) is 50.8 Å². The molecule has 3 heterocycles. The number of sulfonamides is 1. The molecule has 0 saturated heterocycles. The standard InChI is InChI=1S/C40H43ClF5N7O5S2/c1-21-6-9-27(28-10-11-30(41)35-37(28)52(4)50-38(35)51-59(5,55)56)36(47-21)31(16-22-14-24(42)18-25(43)15-22)48-34(54)20-53-32(19-33(49-53)40(44,45)46)29-17-23(29)12-13-39(2,3)60(57,58)26-7-8-26/h6,9-11,14-15,18-19,23,26,29,31H,7-8,12-13,16-17,20H2,1-5H3,(H,48,54)(H,50,51)/t23?,29?,31-/m0/s1. The molecule has 2 unspecified atom stereocenters. The Bertz CT molecular complexity index is 2710. The van der Waals surface area contributed by atoms with Crippen molar-refractivity contribution >= 4 is 54.1 Å². The molecule has 322 valence electrons. The Hall–Kier alpha value is -4.62. The largest absolute Gasteiger partial charge is 0.435 e. The van der Waals surface area contributed by atoms with Gasteiger partial charge >= 0.3 is 6.18 Å². The lowest BCUT2D eigenvalue weighted by Crippen LogP contribution is -2.35. The van der Waals surface area contributed by atoms with E-state index in [0.29, 0.717) is 60.5 Å². The Morgan fingerprint density at radius 3 is 2.28 bits per heavy atom. The highest BCUT2D eigenvalue weighted by Crippen LogP contribution is 2.52. The number of nitrogens with one attached hydrogen (secondary N) is 2. The lowest BCUT2D eigenvalue weighted by atomic mass is 9.93. The van der Waals surface area contributed by atoms with Gasteiger partial charge in [0, 0.05) is 41.5 Å². The molecule has 20 heteroatoms. The summed E-state index contributed by atoms with van der Waals surface area (Å²) < 4.78 is 126. The highest BCUT2D eigenvalue weighted by molar-refractivity contribution is 7.93. The number of anilines is 1. The van der Waals surface area contributed by atoms with E-state index in [1.165, 1.54) is 10.7 Å². The predicted molar refractivity (Wildman–Crippen MR) is 216 cm³/mol. The fourth-order valence-corrected chi connectivity index (χ4v) is 10.7. The van der Waals surface area contributed by atoms with Crippen LogP contribution < -0.4 is 10.0 Å². The Morgan fingerprint density at radius 2 is 1.65 bits per heavy atom. The summed E-state index contributed by atoms with van der Waals surface area (Å²) in [5.74, 6) is -3.09. The fraction of sp³-hybridized carbons (Fsp3) is 0.450. The zero-order valence-electron chi connectivity index (χ0n) is 33.2. The second kappa shape index (κ2) is 15.7. The van der Waals surface area contributed by atoms with Gasteiger partial charge in [-0.05, 0) is 101 Å². The monoisotopic (exact) mass is 895 g/mol. The number of rotatable bonds is 15. The molecule has 7 rings (SSSR count). The van der Waals surface area contributed by atoms with Gasteiger partial charge in [0.25, 0.3) is 0 Å². The molecule has 0 radical (unpaired) electrons. The number of hydrogen-bond acceptors (Lipinski definition) is 8. The molecule has 0 aliphatic heterocycles. The molecule has 2 aromatic carbocycles. The summed E-state index contributed by atoms with van der Waals surface area (Å²) in [5, 5.41) is 11.1. The molecular formula is C40H43ClF5N7O5S2. The normalized spacial score (nSPS) is 17.9. The third-order valence-electron chi connectivity index (χ3n) is 11.1. The van der Waals surface area contributed by atoms with Crippen molar-refractivity contribution in [2.75, 3.05) is 11.0 Å². The van der Waals surface area contributed by atoms with Gasteiger partial charge in [0.15, 0.2) is 21.3 Å². The number of halogens is 6. The number of hydrogen-bond donors (Lipinski definition) is 2. The van der Waals surface area contributed by atoms with Gasteiger partial charge < -0.3 is 5.32 Å². The first kappa shape index (κ1) is 43.5. The number of aryl methyl sites for hydroxylation is 2. The summed E-state index contributed by atoms with van der Waals surface area (Å²) in [7, 11) is -5.57. The maximum atomic E-state index is 14.5. The van der Waals surface area contributed by atoms with E-state index in [9.17, 15) is 43.6 Å². The maximum absolute atomic E-state index is 14.5. The molecule has 0 spiro atoms. The number of aromatic nitrogens is 5. The molecular weight excluding hydrogens is 853 g/mol. The van der Waals surface area contributed by atoms with Crippen molar-refractivity contribution < 1.29 is 43.6 Å². The SMILES string of the molecule is Cc1ccc(-c2ccc(Cl)c3c(NS(C)(=O)=O)nn(C)c23)c([C@H](Cc2cc(F)cc(F)c2)NC(=O)Cn2nc(C(F)(F)F)cc2C2CC2CCC(C)(C)S(=O)(=O)C2CC2)n1. The van der Waals surface area contributed by atoms with Crippen LogP contribution in [0.25, 0.3) is 22.0 Å². The first-order valence-corrected chi connectivity index (χ1v) is 23.0. The second-order valence-corrected chi connectivity index (χ2v) is 21.4. The van der Waals surface area contributed by atoms with Crippen LogP contribution in [0.2, 0.25) is 5.02 Å². The number of sulfone groups is 1. The molecule has 2 saturated carbocycles. The van der Waals surface area contributed by atoms with Crippen molar-refractivity contribution in [2.24, 2.45) is 13.0 Å². The first-order valence-electron chi connectivity index (χ1n) is 19.2. The van der Waals surface area contributed by atoms with Gasteiger partial charge in [0.2, 0.25) is 15.9 Å². The minimum atomic E-state index is -4.82. The third kappa shape index (κ3) is 9.17. The quantitative estimate of drug-likeness (QED) is 0.101. The van der Waals surface area contributed by atoms with E-state index in [4.69, 9.17) is 16.6 Å². The summed E-state index contributed by atoms with van der Waals surface area (Å²) >= 11 is 6.59. The molecule has 3 aromatic heterocycles. The van der Waals surface area contributed by atoms with Gasteiger partial charge in [0.1, 0.15) is 18.2 Å². The number of fused-ring (bicyclic) bond motifs is 1. The van der Waals surface area contributed by atoms with Crippen LogP contribution in [0.15, 0.2) is 48.5 Å². The molecule has 2 N–H and O–H groups in total. The van der Waals surface area contributed by atoms with Gasteiger partial charge in [-0.1, -0.05) is 23.7 Å². The molecule has 12 nitrogen and oxygen atoms in total. The molecule has 3 atom stereocenters. The summed E-state index contributed by atoms with van der Waals surface area (Å²) in [6.07, 6.45) is -1.55. The Kier molecular flexibility index (Phi) is 11.4. The van der Waals surface area contributed by atoms with Crippen molar-refractivity contribution in [1.29, 1.82) is 0 Å². The summed E-state index contributed by atoms with van der Waals surface area (Å²) in [6, 6.07) is 9.24. The van der Waals surface area contributed by atoms with E-state index in [1.807, 2.05) is 0 Å². The summed E-state index contributed by atoms with van der Waals surface area (Å²) in [4.78, 5) is 18.8. The van der Waals surface area contributed by atoms with E-state index in [0.717, 1.165) is 29.1 Å². The minimum absolute atomic E-state index is 0.0401. The van der Waals surface area contributed by atoms with E-state index in [2.05, 4.69) is 20.2 Å². The smallest absolute Gasteiger partial charge is 0.346 e. The van der Waals surface area contributed by atoms with Crippen LogP contribution >= 0.6 is 11.6 Å². The number of carbonyl (C=O) groups is 1. The second-order valence-electron chi connectivity index (χ2n) is 16.4. The van der Waals surface area contributed by atoms with Crippen LogP contribution in [0.3, 0.4) is 0 Å². The topological polar surface area (TPSA) is 158 Å². The Balaban J connectivity index is 1.23. The van der Waals surface area contributed by atoms with Crippen LogP contribution in [0.1, 0.15) is 86.3 Å². The average molecular weight is 896 g/mol. The zero-order chi connectivity index (χ0) is 43.7. The van der Waals surface area contributed by atoms with E-state index >= 15 is 0 Å². The van der Waals surface area contributed by atoms with Crippen molar-refractivity contribution in [3.63, 3.8) is 0 Å². The molecule has 60 heavy (non-hydrogen) atoms. The van der Waals surface area contributed by atoms with E-state index < -0.39 is 72.5 Å². The van der Waals surface area contributed by atoms with Gasteiger partial charge in [-0.15, -0.1) is 0 Å². The minimum Gasteiger partial charge on any atom is -0.346 e. The van der Waals surface area contributed by atoms with Crippen molar-refractivity contribution in [2.45, 2.75) is 94.0 Å². The summed E-state index contributed by atoms with van der Waals surface area (Å²) in [5.41, 5.74) is 1.09. The molecule has 2 aliphatic rings. The lowest BCUT2D eigenvalue weighted by molar-refractivity contribution is -0.141. The van der Waals surface area contributed by atoms with Crippen molar-refractivity contribution in [3.05, 3.63) is 93.5 Å². The van der Waals surface area contributed by atoms with Crippen LogP contribution in [0.5, 0.6) is 0 Å². The highest BCUT2D eigenvalue weighted by atomic mass is 35.5. The third-order valence-corrected chi connectivity index (χ3v) is 15.1. The number of alkyl halides is 3. The maximum Gasteiger partial charge on any atom is 0.435 e. The molecule has 2 fully saturated rings. The number of pyridine rings is 1. The van der Waals surface area contributed by atoms with Crippen LogP contribution in [-0.4, -0.2) is 63.5 Å². The number of carbonyl (C=O) groups excluding carboxylic acids is 1. The number of amides is 1. The molecule has 0 bridgehead atoms. The van der Waals surface area contributed by atoms with Gasteiger partial charge in [0.05, 0.1) is 43.9 Å². The molecule has 5 aromatic rings. The van der Waals surface area contributed by atoms with Crippen molar-refractivity contribution in [3.8, 4) is 11.1 Å². The van der Waals surface area contributed by atoms with Gasteiger partial charge in [-0.25, -0.2) is 25.6 Å². The Labute approximate surface area is 348 Å². The number of nitrogens with zero attached hydrogens (tertiary/aromatic N) is 5. The van der Waals surface area contributed by atoms with Gasteiger partial charge in [-0.3, -0.25) is 23.9 Å².